The molecule has 2 N–H and O–H groups in total. The summed E-state index contributed by atoms with van der Waals surface area (Å²) in [5.41, 5.74) is 6.09. The van der Waals surface area contributed by atoms with Crippen LogP contribution >= 0.6 is 0 Å². The molecule has 94 valence electrons. The highest BCUT2D eigenvalue weighted by Crippen LogP contribution is 2.39. The van der Waals surface area contributed by atoms with Gasteiger partial charge in [-0.25, -0.2) is 0 Å². The number of hydrogen-bond donors (Lipinski definition) is 1. The maximum absolute atomic E-state index is 6.09. The molecule has 0 aromatic carbocycles. The van der Waals surface area contributed by atoms with Crippen LogP contribution in [0, 0.1) is 5.92 Å². The van der Waals surface area contributed by atoms with E-state index in [0.717, 1.165) is 11.7 Å². The molecule has 0 amide bonds. The van der Waals surface area contributed by atoms with Crippen molar-refractivity contribution in [2.75, 3.05) is 0 Å². The van der Waals surface area contributed by atoms with Gasteiger partial charge in [0.2, 0.25) is 5.89 Å². The quantitative estimate of drug-likeness (QED) is 0.818. The van der Waals surface area contributed by atoms with E-state index in [2.05, 4.69) is 10.1 Å². The van der Waals surface area contributed by atoms with Gasteiger partial charge >= 0.3 is 0 Å². The summed E-state index contributed by atoms with van der Waals surface area (Å²) in [6, 6.07) is -0.00159. The standard InChI is InChI=1S/C13H21N3O/c14-11(9-7-8-9)12-15-13(17-16-12)10-5-3-1-2-4-6-10/h9-11H,1-8,14H2. The van der Waals surface area contributed by atoms with Gasteiger partial charge in [-0.2, -0.15) is 4.98 Å². The summed E-state index contributed by atoms with van der Waals surface area (Å²) < 4.78 is 5.42. The number of hydrogen-bond acceptors (Lipinski definition) is 4. The molecule has 0 spiro atoms. The molecule has 2 aliphatic rings. The second kappa shape index (κ2) is 4.77. The van der Waals surface area contributed by atoms with E-state index in [4.69, 9.17) is 10.3 Å². The zero-order valence-electron chi connectivity index (χ0n) is 10.3. The predicted octanol–water partition coefficient (Wildman–Crippen LogP) is 2.92. The van der Waals surface area contributed by atoms with Crippen LogP contribution in [-0.2, 0) is 0 Å². The van der Waals surface area contributed by atoms with E-state index in [1.165, 1.54) is 51.4 Å². The Bertz CT molecular complexity index is 364. The molecule has 4 nitrogen and oxygen atoms in total. The zero-order valence-corrected chi connectivity index (χ0v) is 10.3. The van der Waals surface area contributed by atoms with Crippen molar-refractivity contribution in [1.82, 2.24) is 10.1 Å². The van der Waals surface area contributed by atoms with Gasteiger partial charge in [0.1, 0.15) is 0 Å². The van der Waals surface area contributed by atoms with Crippen LogP contribution in [0.1, 0.15) is 75.0 Å². The minimum absolute atomic E-state index is 0.00159. The molecule has 1 unspecified atom stereocenters. The fourth-order valence-corrected chi connectivity index (χ4v) is 2.74. The van der Waals surface area contributed by atoms with Crippen LogP contribution in [0.15, 0.2) is 4.52 Å². The Kier molecular flexibility index (Phi) is 3.14. The van der Waals surface area contributed by atoms with Crippen molar-refractivity contribution in [3.05, 3.63) is 11.7 Å². The SMILES string of the molecule is NC(c1noc(C2CCCCCC2)n1)C1CC1. The molecule has 1 atom stereocenters. The van der Waals surface area contributed by atoms with Gasteiger partial charge in [0, 0.05) is 5.92 Å². The Hall–Kier alpha value is -0.900. The first kappa shape index (κ1) is 11.2. The van der Waals surface area contributed by atoms with E-state index in [-0.39, 0.29) is 6.04 Å². The van der Waals surface area contributed by atoms with Gasteiger partial charge in [-0.05, 0) is 31.6 Å². The van der Waals surface area contributed by atoms with Crippen molar-refractivity contribution in [3.63, 3.8) is 0 Å². The second-order valence-electron chi connectivity index (χ2n) is 5.54. The molecule has 0 aliphatic heterocycles. The molecule has 4 heteroatoms. The lowest BCUT2D eigenvalue weighted by Gasteiger charge is -2.07. The first-order valence-electron chi connectivity index (χ1n) is 6.93. The monoisotopic (exact) mass is 235 g/mol. The minimum atomic E-state index is -0.00159. The second-order valence-corrected chi connectivity index (χ2v) is 5.54. The highest BCUT2D eigenvalue weighted by Gasteiger charge is 2.33. The number of nitrogens with zero attached hydrogens (tertiary/aromatic N) is 2. The van der Waals surface area contributed by atoms with Crippen LogP contribution in [0.5, 0.6) is 0 Å². The number of aromatic nitrogens is 2. The van der Waals surface area contributed by atoms with Crippen LogP contribution in [0.3, 0.4) is 0 Å². The Morgan fingerprint density at radius 3 is 2.41 bits per heavy atom. The van der Waals surface area contributed by atoms with Crippen LogP contribution in [0.25, 0.3) is 0 Å². The van der Waals surface area contributed by atoms with Gasteiger partial charge < -0.3 is 10.3 Å². The number of rotatable bonds is 3. The molecule has 2 saturated carbocycles. The minimum Gasteiger partial charge on any atom is -0.339 e. The lowest BCUT2D eigenvalue weighted by molar-refractivity contribution is 0.334. The van der Waals surface area contributed by atoms with Crippen molar-refractivity contribution >= 4 is 0 Å². The van der Waals surface area contributed by atoms with Gasteiger partial charge in [0.05, 0.1) is 6.04 Å². The summed E-state index contributed by atoms with van der Waals surface area (Å²) in [7, 11) is 0. The smallest absolute Gasteiger partial charge is 0.229 e. The van der Waals surface area contributed by atoms with Crippen LogP contribution in [0.2, 0.25) is 0 Å². The third kappa shape index (κ3) is 2.51. The Morgan fingerprint density at radius 2 is 1.76 bits per heavy atom. The maximum Gasteiger partial charge on any atom is 0.229 e. The van der Waals surface area contributed by atoms with E-state index in [9.17, 15) is 0 Å². The third-order valence-corrected chi connectivity index (χ3v) is 4.09. The van der Waals surface area contributed by atoms with Gasteiger partial charge in [0.25, 0.3) is 0 Å². The van der Waals surface area contributed by atoms with Gasteiger partial charge in [0.15, 0.2) is 5.82 Å². The number of nitrogens with two attached hydrogens (primary N) is 1. The Balaban J connectivity index is 1.69. The van der Waals surface area contributed by atoms with Crippen LogP contribution in [-0.4, -0.2) is 10.1 Å². The Morgan fingerprint density at radius 1 is 1.06 bits per heavy atom. The van der Waals surface area contributed by atoms with Gasteiger partial charge in [-0.15, -0.1) is 0 Å². The van der Waals surface area contributed by atoms with E-state index in [1.54, 1.807) is 0 Å². The first-order valence-corrected chi connectivity index (χ1v) is 6.93. The predicted molar refractivity (Wildman–Crippen MR) is 64.4 cm³/mol. The summed E-state index contributed by atoms with van der Waals surface area (Å²) in [6.07, 6.45) is 10.1. The molecular formula is C13H21N3O. The fraction of sp³-hybridized carbons (Fsp3) is 0.846. The molecule has 0 radical (unpaired) electrons. The summed E-state index contributed by atoms with van der Waals surface area (Å²) >= 11 is 0. The lowest BCUT2D eigenvalue weighted by Crippen LogP contribution is -2.14. The highest BCUT2D eigenvalue weighted by atomic mass is 16.5. The summed E-state index contributed by atoms with van der Waals surface area (Å²) in [5.74, 6) is 2.63. The van der Waals surface area contributed by atoms with Gasteiger partial charge in [-0.3, -0.25) is 0 Å². The molecule has 3 rings (SSSR count). The molecule has 1 aromatic heterocycles. The summed E-state index contributed by atoms with van der Waals surface area (Å²) in [4.78, 5) is 4.53. The molecule has 0 bridgehead atoms. The van der Waals surface area contributed by atoms with Crippen molar-refractivity contribution < 1.29 is 4.52 Å². The molecule has 2 fully saturated rings. The van der Waals surface area contributed by atoms with Crippen LogP contribution < -0.4 is 5.73 Å². The molecule has 1 heterocycles. The maximum atomic E-state index is 6.09. The van der Waals surface area contributed by atoms with E-state index < -0.39 is 0 Å². The van der Waals surface area contributed by atoms with Crippen molar-refractivity contribution in [3.8, 4) is 0 Å². The Labute approximate surface area is 102 Å². The fourth-order valence-electron chi connectivity index (χ4n) is 2.74. The van der Waals surface area contributed by atoms with Crippen molar-refractivity contribution in [2.24, 2.45) is 11.7 Å². The topological polar surface area (TPSA) is 64.9 Å². The molecule has 17 heavy (non-hydrogen) atoms. The molecule has 2 aliphatic carbocycles. The van der Waals surface area contributed by atoms with E-state index in [0.29, 0.717) is 11.8 Å². The zero-order chi connectivity index (χ0) is 11.7. The van der Waals surface area contributed by atoms with E-state index in [1.807, 2.05) is 0 Å². The average Bonchev–Trinajstić information content (AvgIpc) is 3.12. The lowest BCUT2D eigenvalue weighted by atomic mass is 10.0. The first-order chi connectivity index (χ1) is 8.34. The molecular weight excluding hydrogens is 214 g/mol. The summed E-state index contributed by atoms with van der Waals surface area (Å²) in [6.45, 7) is 0. The van der Waals surface area contributed by atoms with E-state index >= 15 is 0 Å². The van der Waals surface area contributed by atoms with Crippen LogP contribution in [0.4, 0.5) is 0 Å². The third-order valence-electron chi connectivity index (χ3n) is 4.09. The molecule has 1 aromatic rings. The van der Waals surface area contributed by atoms with Gasteiger partial charge in [-0.1, -0.05) is 30.8 Å². The molecule has 0 saturated heterocycles. The largest absolute Gasteiger partial charge is 0.339 e. The summed E-state index contributed by atoms with van der Waals surface area (Å²) in [5, 5.41) is 4.07. The van der Waals surface area contributed by atoms with Crippen molar-refractivity contribution in [2.45, 2.75) is 63.3 Å². The average molecular weight is 235 g/mol. The normalized spacial score (nSPS) is 24.5. The van der Waals surface area contributed by atoms with Crippen molar-refractivity contribution in [1.29, 1.82) is 0 Å². The highest BCUT2D eigenvalue weighted by molar-refractivity contribution is 5.02.